The Morgan fingerprint density at radius 2 is 2.42 bits per heavy atom. The molecule has 1 heterocycles. The number of hydrogen-bond donors (Lipinski definition) is 2. The number of aromatic nitrogens is 2. The van der Waals surface area contributed by atoms with E-state index in [4.69, 9.17) is 5.73 Å². The van der Waals surface area contributed by atoms with Crippen molar-refractivity contribution in [1.29, 1.82) is 0 Å². The Kier molecular flexibility index (Phi) is 1.40. The van der Waals surface area contributed by atoms with Gasteiger partial charge in [0.2, 0.25) is 0 Å². The van der Waals surface area contributed by atoms with Gasteiger partial charge in [0, 0.05) is 5.69 Å². The predicted octanol–water partition coefficient (Wildman–Crippen LogP) is 1.51. The first-order valence-corrected chi connectivity index (χ1v) is 4.13. The third-order valence-electron chi connectivity index (χ3n) is 2.46. The van der Waals surface area contributed by atoms with Crippen molar-refractivity contribution in [3.63, 3.8) is 0 Å². The van der Waals surface area contributed by atoms with E-state index in [-0.39, 0.29) is 0 Å². The summed E-state index contributed by atoms with van der Waals surface area (Å²) in [5, 5.41) is 6.57. The molecule has 3 N–H and O–H groups in total. The molecule has 0 bridgehead atoms. The highest BCUT2D eigenvalue weighted by Gasteiger charge is 2.35. The predicted molar refractivity (Wildman–Crippen MR) is 44.4 cm³/mol. The average Bonchev–Trinajstić information content (AvgIpc) is 2.32. The van der Waals surface area contributed by atoms with Gasteiger partial charge in [-0.2, -0.15) is 5.10 Å². The van der Waals surface area contributed by atoms with Crippen LogP contribution in [-0.4, -0.2) is 10.2 Å². The zero-order valence-corrected chi connectivity index (χ0v) is 7.02. The van der Waals surface area contributed by atoms with Gasteiger partial charge in [-0.05, 0) is 26.2 Å². The number of H-pyrrole nitrogens is 1. The van der Waals surface area contributed by atoms with Crippen molar-refractivity contribution < 1.29 is 4.39 Å². The van der Waals surface area contributed by atoms with Gasteiger partial charge in [-0.25, -0.2) is 4.39 Å². The molecule has 1 aliphatic carbocycles. The summed E-state index contributed by atoms with van der Waals surface area (Å²) in [5.41, 5.74) is 5.71. The highest BCUT2D eigenvalue weighted by molar-refractivity contribution is 5.47. The smallest absolute Gasteiger partial charge is 0.151 e. The van der Waals surface area contributed by atoms with Gasteiger partial charge in [-0.3, -0.25) is 5.10 Å². The van der Waals surface area contributed by atoms with Gasteiger partial charge in [-0.1, -0.05) is 0 Å². The molecule has 1 atom stereocenters. The van der Waals surface area contributed by atoms with Crippen molar-refractivity contribution in [1.82, 2.24) is 10.2 Å². The second-order valence-corrected chi connectivity index (χ2v) is 3.51. The van der Waals surface area contributed by atoms with E-state index >= 15 is 0 Å². The number of halogens is 1. The minimum absolute atomic E-state index is 0.315. The Balaban J connectivity index is 2.56. The van der Waals surface area contributed by atoms with E-state index in [1.165, 1.54) is 0 Å². The van der Waals surface area contributed by atoms with Crippen LogP contribution >= 0.6 is 0 Å². The molecule has 12 heavy (non-hydrogen) atoms. The van der Waals surface area contributed by atoms with Crippen molar-refractivity contribution in [2.45, 2.75) is 31.9 Å². The number of nitrogen functional groups attached to an aromatic ring is 1. The summed E-state index contributed by atoms with van der Waals surface area (Å²) >= 11 is 0. The molecule has 66 valence electrons. The zero-order chi connectivity index (χ0) is 8.77. The molecule has 0 aromatic carbocycles. The maximum absolute atomic E-state index is 13.8. The number of nitrogens with zero attached hydrogens (tertiary/aromatic N) is 1. The minimum Gasteiger partial charge on any atom is -0.382 e. The second kappa shape index (κ2) is 2.21. The molecule has 0 radical (unpaired) electrons. The Bertz CT molecular complexity index is 303. The molecule has 4 heteroatoms. The standard InChI is InChI=1S/C8H12FN3/c1-8(9)4-2-3-5-6(8)7(10)12-11-5/h2-4H2,1H3,(H3,10,11,12). The van der Waals surface area contributed by atoms with Crippen LogP contribution < -0.4 is 5.73 Å². The molecule has 0 amide bonds. The number of anilines is 1. The number of aromatic amines is 1. The molecular weight excluding hydrogens is 157 g/mol. The monoisotopic (exact) mass is 169 g/mol. The van der Waals surface area contributed by atoms with Crippen molar-refractivity contribution in [2.75, 3.05) is 5.73 Å². The normalized spacial score (nSPS) is 28.5. The zero-order valence-electron chi connectivity index (χ0n) is 7.02. The molecule has 0 spiro atoms. The molecule has 1 aliphatic rings. The molecule has 0 saturated heterocycles. The van der Waals surface area contributed by atoms with Crippen LogP contribution in [0.25, 0.3) is 0 Å². The van der Waals surface area contributed by atoms with Crippen LogP contribution in [0.4, 0.5) is 10.2 Å². The van der Waals surface area contributed by atoms with Gasteiger partial charge < -0.3 is 5.73 Å². The summed E-state index contributed by atoms with van der Waals surface area (Å²) in [7, 11) is 0. The number of hydrogen-bond acceptors (Lipinski definition) is 2. The molecule has 1 aromatic rings. The van der Waals surface area contributed by atoms with E-state index in [2.05, 4.69) is 10.2 Å². The van der Waals surface area contributed by atoms with Crippen LogP contribution in [0.15, 0.2) is 0 Å². The van der Waals surface area contributed by atoms with E-state index in [0.29, 0.717) is 17.8 Å². The average molecular weight is 169 g/mol. The third-order valence-corrected chi connectivity index (χ3v) is 2.46. The van der Waals surface area contributed by atoms with E-state index in [0.717, 1.165) is 18.5 Å². The summed E-state index contributed by atoms with van der Waals surface area (Å²) in [5.74, 6) is 0.315. The van der Waals surface area contributed by atoms with Crippen molar-refractivity contribution in [3.8, 4) is 0 Å². The van der Waals surface area contributed by atoms with Crippen molar-refractivity contribution in [3.05, 3.63) is 11.3 Å². The Morgan fingerprint density at radius 3 is 3.08 bits per heavy atom. The summed E-state index contributed by atoms with van der Waals surface area (Å²) in [6, 6.07) is 0. The van der Waals surface area contributed by atoms with Crippen LogP contribution in [0, 0.1) is 0 Å². The summed E-state index contributed by atoms with van der Waals surface area (Å²) in [4.78, 5) is 0. The number of alkyl halides is 1. The van der Waals surface area contributed by atoms with Crippen molar-refractivity contribution in [2.24, 2.45) is 0 Å². The maximum atomic E-state index is 13.8. The Labute approximate surface area is 70.2 Å². The van der Waals surface area contributed by atoms with E-state index in [1.54, 1.807) is 6.92 Å². The lowest BCUT2D eigenvalue weighted by molar-refractivity contribution is 0.163. The van der Waals surface area contributed by atoms with Gasteiger partial charge in [0.25, 0.3) is 0 Å². The largest absolute Gasteiger partial charge is 0.382 e. The lowest BCUT2D eigenvalue weighted by Crippen LogP contribution is -2.22. The highest BCUT2D eigenvalue weighted by atomic mass is 19.1. The van der Waals surface area contributed by atoms with Gasteiger partial charge in [-0.15, -0.1) is 0 Å². The minimum atomic E-state index is -1.29. The highest BCUT2D eigenvalue weighted by Crippen LogP contribution is 2.40. The maximum Gasteiger partial charge on any atom is 0.151 e. The number of aryl methyl sites for hydroxylation is 1. The number of nitrogens with two attached hydrogens (primary N) is 1. The Hall–Kier alpha value is -1.06. The SMILES string of the molecule is CC1(F)CCCc2[nH]nc(N)c21. The summed E-state index contributed by atoms with van der Waals surface area (Å²) in [6.45, 7) is 1.57. The molecule has 2 rings (SSSR count). The van der Waals surface area contributed by atoms with Crippen molar-refractivity contribution >= 4 is 5.82 Å². The molecule has 0 saturated carbocycles. The molecule has 0 aliphatic heterocycles. The topological polar surface area (TPSA) is 54.7 Å². The van der Waals surface area contributed by atoms with E-state index in [1.807, 2.05) is 0 Å². The number of fused-ring (bicyclic) bond motifs is 1. The van der Waals surface area contributed by atoms with E-state index in [9.17, 15) is 4.39 Å². The quantitative estimate of drug-likeness (QED) is 0.618. The summed E-state index contributed by atoms with van der Waals surface area (Å²) < 4.78 is 13.8. The van der Waals surface area contributed by atoms with Crippen LogP contribution in [0.5, 0.6) is 0 Å². The first kappa shape index (κ1) is 7.58. The summed E-state index contributed by atoms with van der Waals surface area (Å²) in [6.07, 6.45) is 2.27. The first-order valence-electron chi connectivity index (χ1n) is 4.13. The lowest BCUT2D eigenvalue weighted by atomic mass is 9.85. The number of rotatable bonds is 0. The fourth-order valence-corrected chi connectivity index (χ4v) is 1.88. The van der Waals surface area contributed by atoms with Crippen LogP contribution in [-0.2, 0) is 12.1 Å². The fourth-order valence-electron chi connectivity index (χ4n) is 1.88. The third kappa shape index (κ3) is 0.906. The van der Waals surface area contributed by atoms with Crippen LogP contribution in [0.1, 0.15) is 31.0 Å². The molecular formula is C8H12FN3. The molecule has 1 unspecified atom stereocenters. The van der Waals surface area contributed by atoms with Gasteiger partial charge in [0.05, 0.1) is 5.56 Å². The van der Waals surface area contributed by atoms with Gasteiger partial charge >= 0.3 is 0 Å². The van der Waals surface area contributed by atoms with Gasteiger partial charge in [0.1, 0.15) is 5.67 Å². The molecule has 3 nitrogen and oxygen atoms in total. The number of nitrogens with one attached hydrogen (secondary N) is 1. The fraction of sp³-hybridized carbons (Fsp3) is 0.625. The van der Waals surface area contributed by atoms with Crippen LogP contribution in [0.3, 0.4) is 0 Å². The molecule has 1 aromatic heterocycles. The van der Waals surface area contributed by atoms with E-state index < -0.39 is 5.67 Å². The molecule has 0 fully saturated rings. The lowest BCUT2D eigenvalue weighted by Gasteiger charge is -2.25. The Morgan fingerprint density at radius 1 is 1.67 bits per heavy atom. The van der Waals surface area contributed by atoms with Crippen LogP contribution in [0.2, 0.25) is 0 Å². The first-order chi connectivity index (χ1) is 5.61. The van der Waals surface area contributed by atoms with Gasteiger partial charge in [0.15, 0.2) is 5.82 Å². The second-order valence-electron chi connectivity index (χ2n) is 3.51.